The standard InChI is InChI=1S/C10H20ClNO5/c1-2-12(4-3-11)5-7(14)9(16)10(17)8(15)6-13/h6-10,14-17H,2-5H2,1H3/p+1/t7-,8+,9+,10+/m1/s1. The third-order valence-corrected chi connectivity index (χ3v) is 2.87. The molecule has 0 saturated heterocycles. The Balaban J connectivity index is 4.28. The molecule has 1 unspecified atom stereocenters. The van der Waals surface area contributed by atoms with Crippen LogP contribution in [0.15, 0.2) is 0 Å². The van der Waals surface area contributed by atoms with E-state index in [1.54, 1.807) is 0 Å². The molecule has 17 heavy (non-hydrogen) atoms. The van der Waals surface area contributed by atoms with Gasteiger partial charge in [-0.25, -0.2) is 0 Å². The normalized spacial score (nSPS) is 20.4. The Morgan fingerprint density at radius 2 is 1.82 bits per heavy atom. The van der Waals surface area contributed by atoms with Gasteiger partial charge in [0, 0.05) is 0 Å². The number of rotatable bonds is 9. The summed E-state index contributed by atoms with van der Waals surface area (Å²) in [5, 5.41) is 37.6. The predicted molar refractivity (Wildman–Crippen MR) is 62.0 cm³/mol. The third kappa shape index (κ3) is 5.76. The Morgan fingerprint density at radius 1 is 1.24 bits per heavy atom. The highest BCUT2D eigenvalue weighted by atomic mass is 35.5. The molecule has 0 radical (unpaired) electrons. The van der Waals surface area contributed by atoms with Crippen LogP contribution in [0.3, 0.4) is 0 Å². The van der Waals surface area contributed by atoms with E-state index in [0.29, 0.717) is 19.0 Å². The second-order valence-corrected chi connectivity index (χ2v) is 4.30. The first kappa shape index (κ1) is 16.8. The lowest BCUT2D eigenvalue weighted by atomic mass is 10.0. The van der Waals surface area contributed by atoms with Crippen molar-refractivity contribution in [3.63, 3.8) is 0 Å². The van der Waals surface area contributed by atoms with Gasteiger partial charge in [0.05, 0.1) is 19.0 Å². The smallest absolute Gasteiger partial charge is 0.151 e. The van der Waals surface area contributed by atoms with E-state index in [1.165, 1.54) is 0 Å². The molecule has 0 saturated carbocycles. The topological polar surface area (TPSA) is 102 Å². The Labute approximate surface area is 105 Å². The number of hydrogen-bond donors (Lipinski definition) is 5. The number of carbonyl (C=O) groups is 1. The van der Waals surface area contributed by atoms with E-state index in [-0.39, 0.29) is 12.8 Å². The van der Waals surface area contributed by atoms with E-state index in [2.05, 4.69) is 0 Å². The van der Waals surface area contributed by atoms with Crippen molar-refractivity contribution >= 4 is 17.9 Å². The number of alkyl halides is 1. The third-order valence-electron chi connectivity index (χ3n) is 2.68. The van der Waals surface area contributed by atoms with Crippen LogP contribution in [0.4, 0.5) is 0 Å². The molecule has 0 bridgehead atoms. The maximum absolute atomic E-state index is 10.2. The summed E-state index contributed by atoms with van der Waals surface area (Å²) in [5.41, 5.74) is 0. The second-order valence-electron chi connectivity index (χ2n) is 3.92. The van der Waals surface area contributed by atoms with E-state index < -0.39 is 24.4 Å². The minimum atomic E-state index is -1.70. The minimum absolute atomic E-state index is 0.115. The lowest BCUT2D eigenvalue weighted by molar-refractivity contribution is -0.899. The summed E-state index contributed by atoms with van der Waals surface area (Å²) < 4.78 is 0. The highest BCUT2D eigenvalue weighted by Crippen LogP contribution is 2.02. The molecule has 0 aromatic rings. The van der Waals surface area contributed by atoms with Gasteiger partial charge in [-0.15, -0.1) is 11.6 Å². The van der Waals surface area contributed by atoms with Gasteiger partial charge >= 0.3 is 0 Å². The second kappa shape index (κ2) is 8.79. The van der Waals surface area contributed by atoms with E-state index in [9.17, 15) is 20.1 Å². The number of halogens is 1. The molecule has 102 valence electrons. The van der Waals surface area contributed by atoms with Crippen LogP contribution in [0.1, 0.15) is 6.92 Å². The van der Waals surface area contributed by atoms with Gasteiger partial charge in [0.25, 0.3) is 0 Å². The van der Waals surface area contributed by atoms with Gasteiger partial charge in [-0.3, -0.25) is 0 Å². The molecule has 0 aromatic heterocycles. The summed E-state index contributed by atoms with van der Waals surface area (Å²) in [4.78, 5) is 11.2. The van der Waals surface area contributed by atoms with Gasteiger partial charge in [-0.05, 0) is 6.92 Å². The molecule has 5 atom stereocenters. The number of carbonyl (C=O) groups excluding carboxylic acids is 1. The number of likely N-dealkylation sites (N-methyl/N-ethyl adjacent to an activating group) is 1. The molecule has 0 aliphatic rings. The summed E-state index contributed by atoms with van der Waals surface area (Å²) in [7, 11) is 0. The van der Waals surface area contributed by atoms with Crippen molar-refractivity contribution in [2.24, 2.45) is 0 Å². The molecule has 0 rings (SSSR count). The zero-order valence-corrected chi connectivity index (χ0v) is 10.5. The van der Waals surface area contributed by atoms with Crippen molar-refractivity contribution in [1.29, 1.82) is 0 Å². The van der Waals surface area contributed by atoms with Crippen LogP contribution >= 0.6 is 11.6 Å². The van der Waals surface area contributed by atoms with E-state index in [1.807, 2.05) is 6.92 Å². The molecule has 5 N–H and O–H groups in total. The van der Waals surface area contributed by atoms with E-state index >= 15 is 0 Å². The number of aliphatic hydroxyl groups excluding tert-OH is 4. The first-order valence-electron chi connectivity index (χ1n) is 5.55. The highest BCUT2D eigenvalue weighted by Gasteiger charge is 2.32. The number of aliphatic hydroxyl groups is 4. The van der Waals surface area contributed by atoms with Crippen LogP contribution in [-0.4, -0.2) is 76.6 Å². The van der Waals surface area contributed by atoms with Gasteiger partial charge in [-0.2, -0.15) is 0 Å². The maximum Gasteiger partial charge on any atom is 0.151 e. The number of quaternary nitrogens is 1. The van der Waals surface area contributed by atoms with Gasteiger partial charge in [0.2, 0.25) is 0 Å². The van der Waals surface area contributed by atoms with Crippen LogP contribution in [0.5, 0.6) is 0 Å². The molecule has 0 amide bonds. The molecule has 0 aromatic carbocycles. The Morgan fingerprint density at radius 3 is 2.24 bits per heavy atom. The van der Waals surface area contributed by atoms with Gasteiger partial charge in [0.15, 0.2) is 6.29 Å². The summed E-state index contributed by atoms with van der Waals surface area (Å²) in [6, 6.07) is 0. The van der Waals surface area contributed by atoms with Crippen LogP contribution in [0.2, 0.25) is 0 Å². The van der Waals surface area contributed by atoms with Crippen LogP contribution in [0, 0.1) is 0 Å². The molecule has 0 spiro atoms. The van der Waals surface area contributed by atoms with E-state index in [4.69, 9.17) is 16.7 Å². The van der Waals surface area contributed by atoms with Crippen LogP contribution in [0.25, 0.3) is 0 Å². The summed E-state index contributed by atoms with van der Waals surface area (Å²) in [6.45, 7) is 3.42. The summed E-state index contributed by atoms with van der Waals surface area (Å²) >= 11 is 5.57. The van der Waals surface area contributed by atoms with Gasteiger partial charge in [-0.1, -0.05) is 0 Å². The van der Waals surface area contributed by atoms with Gasteiger partial charge < -0.3 is 30.1 Å². The molecular formula is C10H21ClNO5+. The lowest BCUT2D eigenvalue weighted by Crippen LogP contribution is -3.13. The summed E-state index contributed by atoms with van der Waals surface area (Å²) in [6.07, 6.45) is -6.05. The van der Waals surface area contributed by atoms with Gasteiger partial charge in [0.1, 0.15) is 31.0 Å². The Bertz CT molecular complexity index is 219. The molecule has 0 heterocycles. The zero-order chi connectivity index (χ0) is 13.4. The van der Waals surface area contributed by atoms with Crippen molar-refractivity contribution in [2.45, 2.75) is 31.3 Å². The van der Waals surface area contributed by atoms with Crippen molar-refractivity contribution in [3.8, 4) is 0 Å². The fraction of sp³-hybridized carbons (Fsp3) is 0.900. The van der Waals surface area contributed by atoms with Crippen LogP contribution in [-0.2, 0) is 4.79 Å². The number of hydrogen-bond acceptors (Lipinski definition) is 5. The number of nitrogens with one attached hydrogen (secondary N) is 1. The molecule has 6 nitrogen and oxygen atoms in total. The highest BCUT2D eigenvalue weighted by molar-refractivity contribution is 6.17. The van der Waals surface area contributed by atoms with Crippen molar-refractivity contribution in [3.05, 3.63) is 0 Å². The van der Waals surface area contributed by atoms with Crippen LogP contribution < -0.4 is 4.90 Å². The Hall–Kier alpha value is -0.240. The van der Waals surface area contributed by atoms with Crippen molar-refractivity contribution < 1.29 is 30.1 Å². The monoisotopic (exact) mass is 270 g/mol. The fourth-order valence-corrected chi connectivity index (χ4v) is 1.75. The molecule has 0 aliphatic heterocycles. The molecule has 0 aliphatic carbocycles. The lowest BCUT2D eigenvalue weighted by Gasteiger charge is -2.26. The van der Waals surface area contributed by atoms with E-state index in [0.717, 1.165) is 4.90 Å². The predicted octanol–water partition coefficient (Wildman–Crippen LogP) is -3.23. The SMILES string of the molecule is CC[NH+](CCCl)C[C@@H](O)[C@H](O)[C@@H](O)[C@@H](O)C=O. The first-order valence-corrected chi connectivity index (χ1v) is 6.08. The minimum Gasteiger partial charge on any atom is -0.387 e. The average Bonchev–Trinajstić information content (AvgIpc) is 2.35. The van der Waals surface area contributed by atoms with Crippen molar-refractivity contribution in [1.82, 2.24) is 0 Å². The average molecular weight is 271 g/mol. The zero-order valence-electron chi connectivity index (χ0n) is 9.79. The Kier molecular flexibility index (Phi) is 8.67. The number of aldehydes is 1. The maximum atomic E-state index is 10.2. The van der Waals surface area contributed by atoms with Crippen molar-refractivity contribution in [2.75, 3.05) is 25.5 Å². The summed E-state index contributed by atoms with van der Waals surface area (Å²) in [5.74, 6) is 0.422. The first-order chi connectivity index (χ1) is 7.97. The quantitative estimate of drug-likeness (QED) is 0.224. The molecule has 0 fully saturated rings. The molecular weight excluding hydrogens is 250 g/mol. The molecule has 7 heteroatoms. The largest absolute Gasteiger partial charge is 0.387 e. The fourth-order valence-electron chi connectivity index (χ4n) is 1.48.